The molecular weight excluding hydrogens is 338 g/mol. The van der Waals surface area contributed by atoms with Gasteiger partial charge in [-0.1, -0.05) is 79.2 Å². The zero-order valence-electron chi connectivity index (χ0n) is 15.2. The van der Waals surface area contributed by atoms with Gasteiger partial charge in [-0.2, -0.15) is 0 Å². The molecule has 2 aromatic carbocycles. The van der Waals surface area contributed by atoms with Gasteiger partial charge in [-0.25, -0.2) is 0 Å². The molecule has 1 aliphatic heterocycles. The highest BCUT2D eigenvalue weighted by atomic mass is 32.2. The molecule has 1 heterocycles. The highest BCUT2D eigenvalue weighted by Crippen LogP contribution is 2.52. The number of rotatable bonds is 4. The molecule has 2 nitrogen and oxygen atoms in total. The van der Waals surface area contributed by atoms with Crippen molar-refractivity contribution in [3.8, 4) is 0 Å². The summed E-state index contributed by atoms with van der Waals surface area (Å²) in [6.07, 6.45) is 3.64. The van der Waals surface area contributed by atoms with Crippen LogP contribution in [0.1, 0.15) is 37.8 Å². The van der Waals surface area contributed by atoms with Gasteiger partial charge in [-0.05, 0) is 30.2 Å². The maximum absolute atomic E-state index is 14.0. The van der Waals surface area contributed by atoms with Crippen LogP contribution in [0.15, 0.2) is 77.3 Å². The molecule has 2 aliphatic rings. The number of Topliss-reactive ketones (excluding diaryl/α,β-unsaturated/α-hetero) is 1. The van der Waals surface area contributed by atoms with Crippen LogP contribution in [0.3, 0.4) is 0 Å². The number of carbonyl (C=O) groups excluding carboxylic acids is 1. The molecule has 2 bridgehead atoms. The number of allylic oxidation sites excluding steroid dienone is 1. The molecule has 0 fully saturated rings. The summed E-state index contributed by atoms with van der Waals surface area (Å²) in [5.74, 6) is 1.12. The van der Waals surface area contributed by atoms with E-state index in [0.717, 1.165) is 22.6 Å². The Hall–Kier alpha value is -2.13. The fourth-order valence-electron chi connectivity index (χ4n) is 4.26. The molecule has 0 radical (unpaired) electrons. The molecule has 0 saturated carbocycles. The number of ketones is 1. The van der Waals surface area contributed by atoms with Crippen molar-refractivity contribution in [3.63, 3.8) is 0 Å². The highest BCUT2D eigenvalue weighted by Gasteiger charge is 2.60. The first kappa shape index (κ1) is 17.3. The molecule has 0 aromatic heterocycles. The van der Waals surface area contributed by atoms with E-state index in [2.05, 4.69) is 44.2 Å². The summed E-state index contributed by atoms with van der Waals surface area (Å²) in [5.41, 5.74) is 3.60. The van der Waals surface area contributed by atoms with Gasteiger partial charge in [0.05, 0.1) is 5.71 Å². The number of nitrogens with zero attached hydrogens (tertiary/aromatic N) is 1. The molecule has 1 aliphatic carbocycles. The fraction of sp³-hybridized carbons (Fsp3) is 0.304. The quantitative estimate of drug-likeness (QED) is 0.702. The largest absolute Gasteiger partial charge is 0.294 e. The number of carbonyl (C=O) groups is 1. The molecule has 2 atom stereocenters. The maximum Gasteiger partial charge on any atom is 0.187 e. The zero-order chi connectivity index (χ0) is 18.2. The summed E-state index contributed by atoms with van der Waals surface area (Å²) in [6, 6.07) is 20.4. The average Bonchev–Trinajstić information content (AvgIpc) is 2.84. The van der Waals surface area contributed by atoms with Gasteiger partial charge in [0.15, 0.2) is 10.7 Å². The Labute approximate surface area is 159 Å². The van der Waals surface area contributed by atoms with E-state index in [1.54, 1.807) is 11.8 Å². The smallest absolute Gasteiger partial charge is 0.187 e. The van der Waals surface area contributed by atoms with E-state index >= 15 is 0 Å². The molecule has 0 spiro atoms. The summed E-state index contributed by atoms with van der Waals surface area (Å²) in [7, 11) is 0. The third kappa shape index (κ3) is 2.49. The average molecular weight is 362 g/mol. The Balaban J connectivity index is 2.01. The van der Waals surface area contributed by atoms with Crippen LogP contribution in [0, 0.1) is 0 Å². The standard InChI is InChI=1S/C23H23NOS/c1-3-26-23-16-17(2)14-15-22(21(23)25,19-12-8-5-9-13-19)20(24-23)18-10-6-4-7-11-18/h4-14H,3,15-16H2,1-2H3. The van der Waals surface area contributed by atoms with Crippen molar-refractivity contribution in [2.24, 2.45) is 4.99 Å². The zero-order valence-corrected chi connectivity index (χ0v) is 16.1. The summed E-state index contributed by atoms with van der Waals surface area (Å²) in [5, 5.41) is 0. The van der Waals surface area contributed by atoms with Gasteiger partial charge < -0.3 is 0 Å². The Morgan fingerprint density at radius 1 is 1.04 bits per heavy atom. The van der Waals surface area contributed by atoms with Gasteiger partial charge in [-0.15, -0.1) is 11.8 Å². The van der Waals surface area contributed by atoms with Crippen molar-refractivity contribution in [3.05, 3.63) is 83.4 Å². The number of hydrogen-bond acceptors (Lipinski definition) is 3. The van der Waals surface area contributed by atoms with Gasteiger partial charge in [0.2, 0.25) is 0 Å². The lowest BCUT2D eigenvalue weighted by Crippen LogP contribution is -2.45. The minimum atomic E-state index is -0.702. The Kier molecular flexibility index (Phi) is 4.36. The SMILES string of the molecule is CCSC12CC(C)=CCC(c3ccccc3)(C1=O)C(c1ccccc1)=N2. The first-order valence-electron chi connectivity index (χ1n) is 9.18. The number of hydrogen-bond donors (Lipinski definition) is 0. The van der Waals surface area contributed by atoms with E-state index in [1.165, 1.54) is 5.57 Å². The van der Waals surface area contributed by atoms with Gasteiger partial charge in [0, 0.05) is 6.42 Å². The van der Waals surface area contributed by atoms with Crippen LogP contribution in [-0.2, 0) is 10.2 Å². The second kappa shape index (κ2) is 6.55. The van der Waals surface area contributed by atoms with Gasteiger partial charge in [0.25, 0.3) is 0 Å². The molecule has 3 heteroatoms. The summed E-state index contributed by atoms with van der Waals surface area (Å²) >= 11 is 1.68. The molecule has 0 N–H and O–H groups in total. The van der Waals surface area contributed by atoms with Crippen LogP contribution in [-0.4, -0.2) is 22.1 Å². The Bertz CT molecular complexity index is 887. The minimum Gasteiger partial charge on any atom is -0.294 e. The first-order valence-corrected chi connectivity index (χ1v) is 10.2. The van der Waals surface area contributed by atoms with Crippen molar-refractivity contribution >= 4 is 23.3 Å². The molecule has 2 aromatic rings. The van der Waals surface area contributed by atoms with E-state index in [0.29, 0.717) is 12.8 Å². The minimum absolute atomic E-state index is 0.245. The second-order valence-electron chi connectivity index (χ2n) is 7.08. The first-order chi connectivity index (χ1) is 12.6. The van der Waals surface area contributed by atoms with Gasteiger partial charge in [-0.3, -0.25) is 9.79 Å². The predicted molar refractivity (Wildman–Crippen MR) is 110 cm³/mol. The van der Waals surface area contributed by atoms with Crippen molar-refractivity contribution in [1.82, 2.24) is 0 Å². The molecule has 0 saturated heterocycles. The predicted octanol–water partition coefficient (Wildman–Crippen LogP) is 5.19. The third-order valence-electron chi connectivity index (χ3n) is 5.41. The van der Waals surface area contributed by atoms with Crippen LogP contribution >= 0.6 is 11.8 Å². The lowest BCUT2D eigenvalue weighted by atomic mass is 9.69. The van der Waals surface area contributed by atoms with E-state index in [9.17, 15) is 4.79 Å². The van der Waals surface area contributed by atoms with Crippen LogP contribution < -0.4 is 0 Å². The topological polar surface area (TPSA) is 29.4 Å². The number of aliphatic imine (C=N–C) groups is 1. The van der Waals surface area contributed by atoms with Crippen LogP contribution in [0.5, 0.6) is 0 Å². The van der Waals surface area contributed by atoms with Crippen LogP contribution in [0.4, 0.5) is 0 Å². The van der Waals surface area contributed by atoms with E-state index < -0.39 is 10.3 Å². The molecule has 4 rings (SSSR count). The molecule has 132 valence electrons. The Morgan fingerprint density at radius 2 is 1.69 bits per heavy atom. The normalized spacial score (nSPS) is 27.7. The van der Waals surface area contributed by atoms with E-state index in [4.69, 9.17) is 4.99 Å². The maximum atomic E-state index is 14.0. The fourth-order valence-corrected chi connectivity index (χ4v) is 5.53. The van der Waals surface area contributed by atoms with Crippen LogP contribution in [0.2, 0.25) is 0 Å². The summed E-state index contributed by atoms with van der Waals surface area (Å²) in [6.45, 7) is 4.24. The molecule has 0 amide bonds. The van der Waals surface area contributed by atoms with Gasteiger partial charge >= 0.3 is 0 Å². The lowest BCUT2D eigenvalue weighted by Gasteiger charge is -2.31. The summed E-state index contributed by atoms with van der Waals surface area (Å²) < 4.78 is 0. The van der Waals surface area contributed by atoms with Crippen molar-refractivity contribution in [2.45, 2.75) is 37.0 Å². The Morgan fingerprint density at radius 3 is 2.35 bits per heavy atom. The molecular formula is C23H23NOS. The van der Waals surface area contributed by atoms with E-state index in [-0.39, 0.29) is 5.78 Å². The number of fused-ring (bicyclic) bond motifs is 2. The van der Waals surface area contributed by atoms with Crippen molar-refractivity contribution in [1.29, 1.82) is 0 Å². The second-order valence-corrected chi connectivity index (χ2v) is 8.62. The molecule has 26 heavy (non-hydrogen) atoms. The van der Waals surface area contributed by atoms with E-state index in [1.807, 2.05) is 36.4 Å². The third-order valence-corrected chi connectivity index (χ3v) is 6.60. The van der Waals surface area contributed by atoms with Crippen LogP contribution in [0.25, 0.3) is 0 Å². The molecule has 2 unspecified atom stereocenters. The van der Waals surface area contributed by atoms with Crippen molar-refractivity contribution < 1.29 is 4.79 Å². The highest BCUT2D eigenvalue weighted by molar-refractivity contribution is 8.01. The summed E-state index contributed by atoms with van der Waals surface area (Å²) in [4.78, 5) is 18.5. The monoisotopic (exact) mass is 361 g/mol. The lowest BCUT2D eigenvalue weighted by molar-refractivity contribution is -0.123. The van der Waals surface area contributed by atoms with Crippen molar-refractivity contribution in [2.75, 3.05) is 5.75 Å². The van der Waals surface area contributed by atoms with Gasteiger partial charge in [0.1, 0.15) is 5.41 Å². The number of benzene rings is 2. The number of thioether (sulfide) groups is 1.